The van der Waals surface area contributed by atoms with E-state index < -0.39 is 0 Å². The summed E-state index contributed by atoms with van der Waals surface area (Å²) in [5, 5.41) is 3.61. The van der Waals surface area contributed by atoms with Crippen molar-refractivity contribution < 1.29 is 4.39 Å². The number of hydrogen-bond donors (Lipinski definition) is 2. The molecular formula is C13H17FN2. The maximum Gasteiger partial charge on any atom is 0.146 e. The van der Waals surface area contributed by atoms with Gasteiger partial charge in [0.05, 0.1) is 5.69 Å². The Morgan fingerprint density at radius 2 is 1.88 bits per heavy atom. The van der Waals surface area contributed by atoms with Gasteiger partial charge in [-0.2, -0.15) is 0 Å². The fourth-order valence-corrected chi connectivity index (χ4v) is 3.15. The molecule has 2 atom stereocenters. The van der Waals surface area contributed by atoms with E-state index in [1.165, 1.54) is 37.3 Å². The molecule has 2 aliphatic heterocycles. The lowest BCUT2D eigenvalue weighted by molar-refractivity contribution is 0.363. The Labute approximate surface area is 95.0 Å². The first kappa shape index (κ1) is 10.1. The maximum absolute atomic E-state index is 13.1. The highest BCUT2D eigenvalue weighted by molar-refractivity contribution is 5.43. The molecule has 86 valence electrons. The second-order valence-electron chi connectivity index (χ2n) is 5.09. The highest BCUT2D eigenvalue weighted by Gasteiger charge is 2.34. The lowest BCUT2D eigenvalue weighted by atomic mass is 9.86. The number of nitrogen functional groups attached to an aromatic ring is 1. The van der Waals surface area contributed by atoms with Gasteiger partial charge in [-0.3, -0.25) is 0 Å². The standard InChI is InChI=1S/C13H17FN2/c14-12-4-1-8(7-13(12)15)9-5-10-2-3-11(6-9)16-10/h1,4,7,9-11,16H,2-3,5-6,15H2. The minimum Gasteiger partial charge on any atom is -0.396 e. The molecule has 3 heteroatoms. The summed E-state index contributed by atoms with van der Waals surface area (Å²) in [5.41, 5.74) is 7.11. The topological polar surface area (TPSA) is 38.0 Å². The summed E-state index contributed by atoms with van der Waals surface area (Å²) in [5.74, 6) is 0.252. The third kappa shape index (κ3) is 1.69. The Morgan fingerprint density at radius 1 is 1.19 bits per heavy atom. The molecule has 2 saturated heterocycles. The van der Waals surface area contributed by atoms with E-state index in [-0.39, 0.29) is 11.5 Å². The summed E-state index contributed by atoms with van der Waals surface area (Å²) in [7, 11) is 0. The number of halogens is 1. The Kier molecular flexibility index (Phi) is 2.36. The van der Waals surface area contributed by atoms with Crippen LogP contribution < -0.4 is 11.1 Å². The number of fused-ring (bicyclic) bond motifs is 2. The molecule has 2 nitrogen and oxygen atoms in total. The molecule has 2 aliphatic rings. The monoisotopic (exact) mass is 220 g/mol. The van der Waals surface area contributed by atoms with E-state index in [4.69, 9.17) is 5.73 Å². The summed E-state index contributed by atoms with van der Waals surface area (Å²) in [4.78, 5) is 0. The molecule has 2 heterocycles. The number of nitrogens with two attached hydrogens (primary N) is 1. The van der Waals surface area contributed by atoms with E-state index in [2.05, 4.69) is 5.32 Å². The van der Waals surface area contributed by atoms with Crippen molar-refractivity contribution in [2.75, 3.05) is 5.73 Å². The van der Waals surface area contributed by atoms with Gasteiger partial charge in [-0.05, 0) is 49.3 Å². The third-order valence-corrected chi connectivity index (χ3v) is 3.96. The highest BCUT2D eigenvalue weighted by Crippen LogP contribution is 2.37. The van der Waals surface area contributed by atoms with Crippen LogP contribution in [0.5, 0.6) is 0 Å². The van der Waals surface area contributed by atoms with Crippen LogP contribution in [0.15, 0.2) is 18.2 Å². The van der Waals surface area contributed by atoms with Gasteiger partial charge in [0.2, 0.25) is 0 Å². The highest BCUT2D eigenvalue weighted by atomic mass is 19.1. The number of benzene rings is 1. The minimum atomic E-state index is -0.305. The van der Waals surface area contributed by atoms with Crippen molar-refractivity contribution in [2.45, 2.75) is 43.7 Å². The molecule has 16 heavy (non-hydrogen) atoms. The van der Waals surface area contributed by atoms with Crippen molar-refractivity contribution in [1.82, 2.24) is 5.32 Å². The molecule has 3 rings (SSSR count). The Balaban J connectivity index is 1.84. The molecule has 1 aromatic carbocycles. The van der Waals surface area contributed by atoms with Crippen LogP contribution in [0.1, 0.15) is 37.2 Å². The first-order valence-electron chi connectivity index (χ1n) is 6.03. The van der Waals surface area contributed by atoms with Gasteiger partial charge in [0.1, 0.15) is 5.82 Å². The van der Waals surface area contributed by atoms with E-state index in [1.54, 1.807) is 0 Å². The SMILES string of the molecule is Nc1cc(C2CC3CCC(C2)N3)ccc1F. The molecule has 0 saturated carbocycles. The normalized spacial score (nSPS) is 32.9. The quantitative estimate of drug-likeness (QED) is 0.713. The zero-order valence-corrected chi connectivity index (χ0v) is 9.25. The molecule has 1 aromatic rings. The van der Waals surface area contributed by atoms with Crippen LogP contribution in [0.2, 0.25) is 0 Å². The van der Waals surface area contributed by atoms with Crippen LogP contribution >= 0.6 is 0 Å². The van der Waals surface area contributed by atoms with Gasteiger partial charge >= 0.3 is 0 Å². The lowest BCUT2D eigenvalue weighted by Gasteiger charge is -2.29. The van der Waals surface area contributed by atoms with Crippen molar-refractivity contribution in [3.05, 3.63) is 29.6 Å². The number of hydrogen-bond acceptors (Lipinski definition) is 2. The largest absolute Gasteiger partial charge is 0.396 e. The number of piperidine rings is 1. The van der Waals surface area contributed by atoms with Crippen LogP contribution in [0.25, 0.3) is 0 Å². The van der Waals surface area contributed by atoms with E-state index >= 15 is 0 Å². The average Bonchev–Trinajstić information content (AvgIpc) is 2.62. The van der Waals surface area contributed by atoms with Crippen LogP contribution in [-0.2, 0) is 0 Å². The first-order chi connectivity index (χ1) is 7.72. The molecule has 0 aromatic heterocycles. The fourth-order valence-electron chi connectivity index (χ4n) is 3.15. The number of nitrogens with one attached hydrogen (secondary N) is 1. The number of rotatable bonds is 1. The zero-order chi connectivity index (χ0) is 11.1. The second kappa shape index (κ2) is 3.74. The predicted octanol–water partition coefficient (Wildman–Crippen LogP) is 2.41. The van der Waals surface area contributed by atoms with Gasteiger partial charge in [-0.15, -0.1) is 0 Å². The molecular weight excluding hydrogens is 203 g/mol. The van der Waals surface area contributed by atoms with Crippen LogP contribution in [0, 0.1) is 5.82 Å². The minimum absolute atomic E-state index is 0.281. The van der Waals surface area contributed by atoms with Crippen LogP contribution in [0.3, 0.4) is 0 Å². The molecule has 0 radical (unpaired) electrons. The van der Waals surface area contributed by atoms with E-state index in [0.717, 1.165) is 0 Å². The van der Waals surface area contributed by atoms with Crippen LogP contribution in [0.4, 0.5) is 10.1 Å². The van der Waals surface area contributed by atoms with Crippen molar-refractivity contribution >= 4 is 5.69 Å². The Hall–Kier alpha value is -1.09. The Morgan fingerprint density at radius 3 is 2.50 bits per heavy atom. The summed E-state index contributed by atoms with van der Waals surface area (Å²) in [6.07, 6.45) is 4.92. The van der Waals surface area contributed by atoms with Crippen molar-refractivity contribution in [2.24, 2.45) is 0 Å². The number of anilines is 1. The average molecular weight is 220 g/mol. The lowest BCUT2D eigenvalue weighted by Crippen LogP contribution is -2.37. The van der Waals surface area contributed by atoms with Gasteiger partial charge in [-0.1, -0.05) is 6.07 Å². The van der Waals surface area contributed by atoms with Crippen molar-refractivity contribution in [3.8, 4) is 0 Å². The smallest absolute Gasteiger partial charge is 0.146 e. The van der Waals surface area contributed by atoms with Crippen molar-refractivity contribution in [3.63, 3.8) is 0 Å². The molecule has 2 unspecified atom stereocenters. The summed E-state index contributed by atoms with van der Waals surface area (Å²) < 4.78 is 13.1. The molecule has 0 aliphatic carbocycles. The first-order valence-corrected chi connectivity index (χ1v) is 6.03. The van der Waals surface area contributed by atoms with E-state index in [1.807, 2.05) is 12.1 Å². The summed E-state index contributed by atoms with van der Waals surface area (Å²) >= 11 is 0. The second-order valence-corrected chi connectivity index (χ2v) is 5.09. The molecule has 0 spiro atoms. The Bertz CT molecular complexity index is 393. The van der Waals surface area contributed by atoms with E-state index in [0.29, 0.717) is 18.0 Å². The molecule has 2 bridgehead atoms. The molecule has 3 N–H and O–H groups in total. The van der Waals surface area contributed by atoms with Gasteiger partial charge in [0.25, 0.3) is 0 Å². The fraction of sp³-hybridized carbons (Fsp3) is 0.538. The molecule has 2 fully saturated rings. The van der Waals surface area contributed by atoms with Crippen LogP contribution in [-0.4, -0.2) is 12.1 Å². The third-order valence-electron chi connectivity index (χ3n) is 3.96. The van der Waals surface area contributed by atoms with E-state index in [9.17, 15) is 4.39 Å². The predicted molar refractivity (Wildman–Crippen MR) is 62.7 cm³/mol. The van der Waals surface area contributed by atoms with Gasteiger partial charge in [0.15, 0.2) is 0 Å². The van der Waals surface area contributed by atoms with Gasteiger partial charge in [-0.25, -0.2) is 4.39 Å². The van der Waals surface area contributed by atoms with Gasteiger partial charge < -0.3 is 11.1 Å². The zero-order valence-electron chi connectivity index (χ0n) is 9.25. The maximum atomic E-state index is 13.1. The van der Waals surface area contributed by atoms with Crippen molar-refractivity contribution in [1.29, 1.82) is 0 Å². The molecule has 0 amide bonds. The summed E-state index contributed by atoms with van der Waals surface area (Å²) in [6, 6.07) is 6.52. The van der Waals surface area contributed by atoms with Gasteiger partial charge in [0, 0.05) is 12.1 Å². The summed E-state index contributed by atoms with van der Waals surface area (Å²) in [6.45, 7) is 0.